The predicted molar refractivity (Wildman–Crippen MR) is 63.8 cm³/mol. The third-order valence-corrected chi connectivity index (χ3v) is 2.22. The number of carbonyl (C=O) groups excluding carboxylic acids is 1. The van der Waals surface area contributed by atoms with Crippen LogP contribution >= 0.6 is 0 Å². The van der Waals surface area contributed by atoms with Gasteiger partial charge in [-0.05, 0) is 12.8 Å². The molecule has 0 radical (unpaired) electrons. The summed E-state index contributed by atoms with van der Waals surface area (Å²) in [4.78, 5) is 11.1. The van der Waals surface area contributed by atoms with Crippen LogP contribution in [0.5, 0.6) is 0 Å². The minimum Gasteiger partial charge on any atom is -0.463 e. The molecule has 88 valence electrons. The van der Waals surface area contributed by atoms with E-state index in [1.807, 2.05) is 6.08 Å². The summed E-state index contributed by atoms with van der Waals surface area (Å²) in [6.45, 7) is 4.87. The van der Waals surface area contributed by atoms with Gasteiger partial charge in [-0.15, -0.1) is 0 Å². The first-order chi connectivity index (χ1) is 7.31. The predicted octanol–water partition coefficient (Wildman–Crippen LogP) is 3.86. The van der Waals surface area contributed by atoms with Gasteiger partial charge in [0.15, 0.2) is 0 Å². The molecule has 0 amide bonds. The lowest BCUT2D eigenvalue weighted by Gasteiger charge is -2.00. The van der Waals surface area contributed by atoms with Crippen molar-refractivity contribution in [2.45, 2.75) is 58.8 Å². The molecule has 0 unspecified atom stereocenters. The van der Waals surface area contributed by atoms with Crippen LogP contribution < -0.4 is 0 Å². The molecule has 0 N–H and O–H groups in total. The van der Waals surface area contributed by atoms with Gasteiger partial charge >= 0.3 is 5.97 Å². The van der Waals surface area contributed by atoms with Gasteiger partial charge in [-0.1, -0.05) is 52.0 Å². The molecule has 2 nitrogen and oxygen atoms in total. The Morgan fingerprint density at radius 2 is 1.80 bits per heavy atom. The molecule has 0 aliphatic heterocycles. The fourth-order valence-electron chi connectivity index (χ4n) is 1.25. The second-order valence-corrected chi connectivity index (χ2v) is 3.77. The molecule has 0 saturated carbocycles. The number of allylic oxidation sites excluding steroid dienone is 1. The van der Waals surface area contributed by atoms with Crippen molar-refractivity contribution in [3.8, 4) is 0 Å². The first kappa shape index (κ1) is 14.2. The maximum Gasteiger partial charge on any atom is 0.330 e. The van der Waals surface area contributed by atoms with Crippen LogP contribution in [0.2, 0.25) is 0 Å². The van der Waals surface area contributed by atoms with Crippen LogP contribution in [-0.2, 0) is 9.53 Å². The molecule has 0 saturated heterocycles. The molecule has 2 heteroatoms. The van der Waals surface area contributed by atoms with Crippen molar-refractivity contribution in [1.29, 1.82) is 0 Å². The van der Waals surface area contributed by atoms with Crippen molar-refractivity contribution in [2.24, 2.45) is 0 Å². The average Bonchev–Trinajstić information content (AvgIpc) is 2.24. The van der Waals surface area contributed by atoms with E-state index < -0.39 is 0 Å². The van der Waals surface area contributed by atoms with Gasteiger partial charge < -0.3 is 4.74 Å². The zero-order valence-electron chi connectivity index (χ0n) is 10.1. The quantitative estimate of drug-likeness (QED) is 0.329. The third kappa shape index (κ3) is 11.1. The molecule has 15 heavy (non-hydrogen) atoms. The molecule has 0 aliphatic carbocycles. The lowest BCUT2D eigenvalue weighted by molar-refractivity contribution is -0.137. The van der Waals surface area contributed by atoms with Crippen LogP contribution in [0.1, 0.15) is 58.8 Å². The molecule has 0 aromatic carbocycles. The third-order valence-electron chi connectivity index (χ3n) is 2.22. The van der Waals surface area contributed by atoms with Crippen molar-refractivity contribution in [3.05, 3.63) is 12.2 Å². The Morgan fingerprint density at radius 3 is 2.47 bits per heavy atom. The summed E-state index contributed by atoms with van der Waals surface area (Å²) in [5, 5.41) is 0. The van der Waals surface area contributed by atoms with E-state index in [1.54, 1.807) is 6.08 Å². The van der Waals surface area contributed by atoms with Gasteiger partial charge in [0.25, 0.3) is 0 Å². The molecular weight excluding hydrogens is 188 g/mol. The highest BCUT2D eigenvalue weighted by Crippen LogP contribution is 2.00. The Kier molecular flexibility index (Phi) is 10.7. The van der Waals surface area contributed by atoms with E-state index in [0.717, 1.165) is 32.1 Å². The maximum atomic E-state index is 11.1. The summed E-state index contributed by atoms with van der Waals surface area (Å²) in [5.74, 6) is -0.192. The van der Waals surface area contributed by atoms with Crippen LogP contribution in [0, 0.1) is 0 Å². The highest BCUT2D eigenvalue weighted by Gasteiger charge is 1.95. The van der Waals surface area contributed by atoms with Gasteiger partial charge in [-0.3, -0.25) is 0 Å². The maximum absolute atomic E-state index is 11.1. The number of esters is 1. The zero-order chi connectivity index (χ0) is 11.4. The summed E-state index contributed by atoms with van der Waals surface area (Å²) in [6, 6.07) is 0. The van der Waals surface area contributed by atoms with Crippen LogP contribution in [-0.4, -0.2) is 12.6 Å². The Bertz CT molecular complexity index is 173. The van der Waals surface area contributed by atoms with Crippen molar-refractivity contribution in [3.63, 3.8) is 0 Å². The first-order valence-electron chi connectivity index (χ1n) is 6.14. The largest absolute Gasteiger partial charge is 0.463 e. The monoisotopic (exact) mass is 212 g/mol. The minimum absolute atomic E-state index is 0.192. The Morgan fingerprint density at radius 1 is 1.07 bits per heavy atom. The number of rotatable bonds is 9. The van der Waals surface area contributed by atoms with E-state index in [-0.39, 0.29) is 5.97 Å². The average molecular weight is 212 g/mol. The van der Waals surface area contributed by atoms with Gasteiger partial charge in [-0.2, -0.15) is 0 Å². The van der Waals surface area contributed by atoms with E-state index in [1.165, 1.54) is 12.8 Å². The summed E-state index contributed by atoms with van der Waals surface area (Å²) in [5.41, 5.74) is 0. The van der Waals surface area contributed by atoms with E-state index in [4.69, 9.17) is 4.74 Å². The molecule has 0 atom stereocenters. The highest BCUT2D eigenvalue weighted by atomic mass is 16.5. The number of unbranched alkanes of at least 4 members (excludes halogenated alkanes) is 5. The molecule has 0 rings (SSSR count). The van der Waals surface area contributed by atoms with Crippen LogP contribution in [0.15, 0.2) is 12.2 Å². The second kappa shape index (κ2) is 11.3. The standard InChI is InChI=1S/C13H24O2/c1-3-5-7-9-11-13(14)15-12-10-8-6-4-2/h9,11H,3-8,10,12H2,1-2H3. The van der Waals surface area contributed by atoms with Crippen LogP contribution in [0.3, 0.4) is 0 Å². The number of hydrogen-bond acceptors (Lipinski definition) is 2. The summed E-state index contributed by atoms with van der Waals surface area (Å²) < 4.78 is 5.04. The fraction of sp³-hybridized carbons (Fsp3) is 0.769. The number of hydrogen-bond donors (Lipinski definition) is 0. The molecule has 0 aromatic heterocycles. The van der Waals surface area contributed by atoms with Crippen molar-refractivity contribution in [2.75, 3.05) is 6.61 Å². The molecular formula is C13H24O2. The molecule has 0 heterocycles. The van der Waals surface area contributed by atoms with Crippen LogP contribution in [0.4, 0.5) is 0 Å². The number of ether oxygens (including phenoxy) is 1. The van der Waals surface area contributed by atoms with Crippen molar-refractivity contribution in [1.82, 2.24) is 0 Å². The second-order valence-electron chi connectivity index (χ2n) is 3.77. The molecule has 0 aliphatic rings. The lowest BCUT2D eigenvalue weighted by atomic mass is 10.2. The summed E-state index contributed by atoms with van der Waals surface area (Å²) in [6.07, 6.45) is 11.3. The zero-order valence-corrected chi connectivity index (χ0v) is 10.1. The fourth-order valence-corrected chi connectivity index (χ4v) is 1.25. The van der Waals surface area contributed by atoms with E-state index in [2.05, 4.69) is 13.8 Å². The Labute approximate surface area is 93.7 Å². The summed E-state index contributed by atoms with van der Waals surface area (Å²) >= 11 is 0. The van der Waals surface area contributed by atoms with Crippen LogP contribution in [0.25, 0.3) is 0 Å². The molecule has 0 bridgehead atoms. The molecule has 0 fully saturated rings. The van der Waals surface area contributed by atoms with Gasteiger partial charge in [0, 0.05) is 6.08 Å². The summed E-state index contributed by atoms with van der Waals surface area (Å²) in [7, 11) is 0. The first-order valence-corrected chi connectivity index (χ1v) is 6.14. The van der Waals surface area contributed by atoms with Gasteiger partial charge in [-0.25, -0.2) is 4.79 Å². The molecule has 0 aromatic rings. The lowest BCUT2D eigenvalue weighted by Crippen LogP contribution is -2.02. The van der Waals surface area contributed by atoms with Crippen molar-refractivity contribution < 1.29 is 9.53 Å². The number of carbonyl (C=O) groups is 1. The topological polar surface area (TPSA) is 26.3 Å². The van der Waals surface area contributed by atoms with Gasteiger partial charge in [0.2, 0.25) is 0 Å². The van der Waals surface area contributed by atoms with E-state index in [9.17, 15) is 4.79 Å². The minimum atomic E-state index is -0.192. The van der Waals surface area contributed by atoms with Gasteiger partial charge in [0.1, 0.15) is 0 Å². The van der Waals surface area contributed by atoms with Gasteiger partial charge in [0.05, 0.1) is 6.61 Å². The Hall–Kier alpha value is -0.790. The van der Waals surface area contributed by atoms with Crippen molar-refractivity contribution >= 4 is 5.97 Å². The SMILES string of the molecule is CCCCC=CC(=O)OCCCCCC. The molecule has 0 spiro atoms. The van der Waals surface area contributed by atoms with E-state index >= 15 is 0 Å². The highest BCUT2D eigenvalue weighted by molar-refractivity contribution is 5.81. The smallest absolute Gasteiger partial charge is 0.330 e. The Balaban J connectivity index is 3.29. The van der Waals surface area contributed by atoms with E-state index in [0.29, 0.717) is 6.61 Å². The normalized spacial score (nSPS) is 10.8.